The van der Waals surface area contributed by atoms with E-state index in [4.69, 9.17) is 0 Å². The van der Waals surface area contributed by atoms with Gasteiger partial charge < -0.3 is 15.1 Å². The lowest BCUT2D eigenvalue weighted by Crippen LogP contribution is -2.51. The molecule has 0 spiro atoms. The second-order valence-electron chi connectivity index (χ2n) is 4.71. The number of rotatable bonds is 3. The minimum absolute atomic E-state index is 0.0543. The third-order valence-electron chi connectivity index (χ3n) is 3.32. The number of nitro groups is 1. The van der Waals surface area contributed by atoms with E-state index in [0.29, 0.717) is 5.82 Å². The molecular formula is C11H18N6O2. The average molecular weight is 266 g/mol. The van der Waals surface area contributed by atoms with Crippen LogP contribution in [0, 0.1) is 10.1 Å². The quantitative estimate of drug-likeness (QED) is 0.632. The maximum Gasteiger partial charge on any atom is 0.353 e. The smallest absolute Gasteiger partial charge is 0.353 e. The molecule has 2 heterocycles. The van der Waals surface area contributed by atoms with Crippen molar-refractivity contribution in [3.8, 4) is 0 Å². The molecule has 1 N–H and O–H groups in total. The Morgan fingerprint density at radius 3 is 2.79 bits per heavy atom. The van der Waals surface area contributed by atoms with Gasteiger partial charge in [0.15, 0.2) is 0 Å². The second kappa shape index (κ2) is 5.35. The number of hydrogen-bond acceptors (Lipinski definition) is 7. The summed E-state index contributed by atoms with van der Waals surface area (Å²) in [5, 5.41) is 14.0. The summed E-state index contributed by atoms with van der Waals surface area (Å²) in [4.78, 5) is 23.0. The van der Waals surface area contributed by atoms with E-state index in [2.05, 4.69) is 20.2 Å². The van der Waals surface area contributed by atoms with Crippen molar-refractivity contribution >= 4 is 17.3 Å². The van der Waals surface area contributed by atoms with Crippen molar-refractivity contribution in [1.82, 2.24) is 14.9 Å². The van der Waals surface area contributed by atoms with Crippen LogP contribution >= 0.6 is 0 Å². The third kappa shape index (κ3) is 2.58. The standard InChI is InChI=1S/C11H18N6O2/c1-8-6-15(3)4-5-16(8)11-9(17(18)19)10(12-2)13-7-14-11/h7-8H,4-6H2,1-3H3,(H,12,13,14). The van der Waals surface area contributed by atoms with E-state index in [0.717, 1.165) is 19.6 Å². The minimum atomic E-state index is -0.424. The minimum Gasteiger partial charge on any atom is -0.367 e. The summed E-state index contributed by atoms with van der Waals surface area (Å²) in [6, 6.07) is 0.178. The van der Waals surface area contributed by atoms with Crippen LogP contribution in [0.3, 0.4) is 0 Å². The molecule has 1 atom stereocenters. The molecule has 1 aliphatic heterocycles. The molecule has 1 aliphatic rings. The van der Waals surface area contributed by atoms with Crippen molar-refractivity contribution in [2.24, 2.45) is 0 Å². The molecule has 0 saturated carbocycles. The number of aromatic nitrogens is 2. The predicted molar refractivity (Wildman–Crippen MR) is 72.5 cm³/mol. The van der Waals surface area contributed by atoms with Crippen LogP contribution in [0.5, 0.6) is 0 Å². The zero-order chi connectivity index (χ0) is 14.0. The molecule has 0 bridgehead atoms. The first-order valence-corrected chi connectivity index (χ1v) is 6.17. The van der Waals surface area contributed by atoms with Crippen LogP contribution in [0.15, 0.2) is 6.33 Å². The predicted octanol–water partition coefficient (Wildman–Crippen LogP) is 0.567. The molecule has 8 heteroatoms. The number of nitrogens with one attached hydrogen (secondary N) is 1. The Morgan fingerprint density at radius 2 is 2.21 bits per heavy atom. The lowest BCUT2D eigenvalue weighted by molar-refractivity contribution is -0.383. The van der Waals surface area contributed by atoms with Gasteiger partial charge in [0.1, 0.15) is 6.33 Å². The van der Waals surface area contributed by atoms with Gasteiger partial charge in [0, 0.05) is 32.7 Å². The Balaban J connectivity index is 2.41. The second-order valence-corrected chi connectivity index (χ2v) is 4.71. The van der Waals surface area contributed by atoms with Crippen molar-refractivity contribution in [3.05, 3.63) is 16.4 Å². The van der Waals surface area contributed by atoms with Crippen molar-refractivity contribution in [2.75, 3.05) is 43.9 Å². The Hall–Kier alpha value is -1.96. The third-order valence-corrected chi connectivity index (χ3v) is 3.32. The first kappa shape index (κ1) is 13.5. The van der Waals surface area contributed by atoms with E-state index < -0.39 is 4.92 Å². The van der Waals surface area contributed by atoms with Crippen LogP contribution in [0.2, 0.25) is 0 Å². The molecule has 1 aromatic heterocycles. The Labute approximate surface area is 111 Å². The first-order valence-electron chi connectivity index (χ1n) is 6.17. The highest BCUT2D eigenvalue weighted by Crippen LogP contribution is 2.33. The fraction of sp³-hybridized carbons (Fsp3) is 0.636. The number of likely N-dealkylation sites (N-methyl/N-ethyl adjacent to an activating group) is 1. The van der Waals surface area contributed by atoms with Gasteiger partial charge in [-0.2, -0.15) is 0 Å². The van der Waals surface area contributed by atoms with Gasteiger partial charge >= 0.3 is 5.69 Å². The monoisotopic (exact) mass is 266 g/mol. The zero-order valence-corrected chi connectivity index (χ0v) is 11.3. The number of piperazine rings is 1. The van der Waals surface area contributed by atoms with Gasteiger partial charge in [-0.15, -0.1) is 0 Å². The highest BCUT2D eigenvalue weighted by molar-refractivity contribution is 5.70. The zero-order valence-electron chi connectivity index (χ0n) is 11.3. The van der Waals surface area contributed by atoms with Gasteiger partial charge in [-0.1, -0.05) is 0 Å². The van der Waals surface area contributed by atoms with Gasteiger partial charge in [0.05, 0.1) is 4.92 Å². The molecule has 19 heavy (non-hydrogen) atoms. The molecule has 0 aromatic carbocycles. The molecule has 0 radical (unpaired) electrons. The SMILES string of the molecule is CNc1ncnc(N2CCN(C)CC2C)c1[N+](=O)[O-]. The Morgan fingerprint density at radius 1 is 1.47 bits per heavy atom. The van der Waals surface area contributed by atoms with E-state index >= 15 is 0 Å². The topological polar surface area (TPSA) is 87.4 Å². The summed E-state index contributed by atoms with van der Waals surface area (Å²) in [7, 11) is 3.66. The molecule has 1 fully saturated rings. The van der Waals surface area contributed by atoms with Gasteiger partial charge in [-0.05, 0) is 14.0 Å². The molecule has 2 rings (SSSR count). The number of anilines is 2. The number of hydrogen-bond donors (Lipinski definition) is 1. The summed E-state index contributed by atoms with van der Waals surface area (Å²) in [5.41, 5.74) is -0.0543. The molecule has 0 amide bonds. The van der Waals surface area contributed by atoms with E-state index in [-0.39, 0.29) is 17.5 Å². The Bertz CT molecular complexity index is 480. The van der Waals surface area contributed by atoms with Gasteiger partial charge in [0.25, 0.3) is 0 Å². The van der Waals surface area contributed by atoms with Crippen LogP contribution in [0.25, 0.3) is 0 Å². The van der Waals surface area contributed by atoms with Crippen LogP contribution in [0.1, 0.15) is 6.92 Å². The Kier molecular flexibility index (Phi) is 3.79. The molecule has 1 aromatic rings. The van der Waals surface area contributed by atoms with Crippen LogP contribution in [0.4, 0.5) is 17.3 Å². The maximum absolute atomic E-state index is 11.3. The lowest BCUT2D eigenvalue weighted by Gasteiger charge is -2.38. The average Bonchev–Trinajstić information content (AvgIpc) is 2.37. The highest BCUT2D eigenvalue weighted by atomic mass is 16.6. The summed E-state index contributed by atoms with van der Waals surface area (Å²) < 4.78 is 0. The van der Waals surface area contributed by atoms with E-state index in [1.807, 2.05) is 18.9 Å². The van der Waals surface area contributed by atoms with Crippen molar-refractivity contribution in [1.29, 1.82) is 0 Å². The molecule has 104 valence electrons. The van der Waals surface area contributed by atoms with E-state index in [1.165, 1.54) is 6.33 Å². The van der Waals surface area contributed by atoms with Gasteiger partial charge in [-0.3, -0.25) is 10.1 Å². The first-order chi connectivity index (χ1) is 9.04. The normalized spacial score (nSPS) is 20.4. The largest absolute Gasteiger partial charge is 0.367 e. The van der Waals surface area contributed by atoms with E-state index in [1.54, 1.807) is 7.05 Å². The van der Waals surface area contributed by atoms with Gasteiger partial charge in [-0.25, -0.2) is 9.97 Å². The van der Waals surface area contributed by atoms with Crippen LogP contribution in [-0.2, 0) is 0 Å². The highest BCUT2D eigenvalue weighted by Gasteiger charge is 2.31. The molecule has 0 aliphatic carbocycles. The summed E-state index contributed by atoms with van der Waals surface area (Å²) in [5.74, 6) is 0.645. The van der Waals surface area contributed by atoms with E-state index in [9.17, 15) is 10.1 Å². The fourth-order valence-corrected chi connectivity index (χ4v) is 2.39. The van der Waals surface area contributed by atoms with Gasteiger partial charge in [0.2, 0.25) is 11.6 Å². The summed E-state index contributed by atoms with van der Waals surface area (Å²) in [6.07, 6.45) is 1.36. The van der Waals surface area contributed by atoms with Crippen LogP contribution < -0.4 is 10.2 Å². The van der Waals surface area contributed by atoms with Crippen molar-refractivity contribution < 1.29 is 4.92 Å². The van der Waals surface area contributed by atoms with Crippen LogP contribution in [-0.4, -0.2) is 59.6 Å². The fourth-order valence-electron chi connectivity index (χ4n) is 2.39. The number of nitrogens with zero attached hydrogens (tertiary/aromatic N) is 5. The molecular weight excluding hydrogens is 248 g/mol. The molecule has 1 unspecified atom stereocenters. The summed E-state index contributed by atoms with van der Waals surface area (Å²) in [6.45, 7) is 4.48. The molecule has 1 saturated heterocycles. The van der Waals surface area contributed by atoms with Crippen molar-refractivity contribution in [2.45, 2.75) is 13.0 Å². The van der Waals surface area contributed by atoms with Crippen molar-refractivity contribution in [3.63, 3.8) is 0 Å². The summed E-state index contributed by atoms with van der Waals surface area (Å²) >= 11 is 0. The lowest BCUT2D eigenvalue weighted by atomic mass is 10.2. The maximum atomic E-state index is 11.3. The molecule has 8 nitrogen and oxygen atoms in total.